The normalized spacial score (nSPS) is 11.3. The van der Waals surface area contributed by atoms with E-state index >= 15 is 0 Å². The number of ether oxygens (including phenoxy) is 1. The standard InChI is InChI=1S/C9H7ClF3NO2/c1-16-8(15)4-2-7(14)6(10)3-5(4)9(11,12)13/h2-3H,14H2,1H3. The van der Waals surface area contributed by atoms with Crippen LogP contribution in [0.15, 0.2) is 12.1 Å². The lowest BCUT2D eigenvalue weighted by molar-refractivity contribution is -0.138. The fraction of sp³-hybridized carbons (Fsp3) is 0.222. The Morgan fingerprint density at radius 2 is 2.00 bits per heavy atom. The summed E-state index contributed by atoms with van der Waals surface area (Å²) < 4.78 is 41.9. The molecule has 0 unspecified atom stereocenters. The van der Waals surface area contributed by atoms with Gasteiger partial charge in [0.25, 0.3) is 0 Å². The number of carbonyl (C=O) groups excluding carboxylic acids is 1. The number of hydrogen-bond donors (Lipinski definition) is 1. The topological polar surface area (TPSA) is 52.3 Å². The van der Waals surface area contributed by atoms with E-state index in [1.165, 1.54) is 0 Å². The Bertz CT molecular complexity index is 431. The van der Waals surface area contributed by atoms with Gasteiger partial charge in [0.15, 0.2) is 0 Å². The molecular weight excluding hydrogens is 247 g/mol. The van der Waals surface area contributed by atoms with Crippen molar-refractivity contribution in [3.05, 3.63) is 28.3 Å². The fourth-order valence-corrected chi connectivity index (χ4v) is 1.27. The average molecular weight is 254 g/mol. The molecule has 7 heteroatoms. The smallest absolute Gasteiger partial charge is 0.417 e. The number of benzene rings is 1. The van der Waals surface area contributed by atoms with Gasteiger partial charge in [-0.2, -0.15) is 13.2 Å². The van der Waals surface area contributed by atoms with Crippen molar-refractivity contribution in [3.8, 4) is 0 Å². The number of hydrogen-bond acceptors (Lipinski definition) is 3. The van der Waals surface area contributed by atoms with E-state index < -0.39 is 23.3 Å². The van der Waals surface area contributed by atoms with Crippen LogP contribution in [0.5, 0.6) is 0 Å². The summed E-state index contributed by atoms with van der Waals surface area (Å²) in [7, 11) is 0.979. The first kappa shape index (κ1) is 12.6. The lowest BCUT2D eigenvalue weighted by Crippen LogP contribution is -2.14. The number of carbonyl (C=O) groups is 1. The number of methoxy groups -OCH3 is 1. The van der Waals surface area contributed by atoms with Gasteiger partial charge in [-0.15, -0.1) is 0 Å². The summed E-state index contributed by atoms with van der Waals surface area (Å²) in [5.41, 5.74) is 3.38. The summed E-state index contributed by atoms with van der Waals surface area (Å²) in [6, 6.07) is 1.44. The second-order valence-corrected chi connectivity index (χ2v) is 3.32. The second-order valence-electron chi connectivity index (χ2n) is 2.91. The van der Waals surface area contributed by atoms with Gasteiger partial charge >= 0.3 is 12.1 Å². The van der Waals surface area contributed by atoms with Gasteiger partial charge < -0.3 is 10.5 Å². The van der Waals surface area contributed by atoms with Crippen molar-refractivity contribution in [1.29, 1.82) is 0 Å². The van der Waals surface area contributed by atoms with Crippen molar-refractivity contribution in [1.82, 2.24) is 0 Å². The largest absolute Gasteiger partial charge is 0.465 e. The van der Waals surface area contributed by atoms with E-state index in [9.17, 15) is 18.0 Å². The zero-order valence-corrected chi connectivity index (χ0v) is 8.82. The molecule has 1 aromatic rings. The van der Waals surface area contributed by atoms with Crippen LogP contribution < -0.4 is 5.73 Å². The second kappa shape index (κ2) is 4.21. The summed E-state index contributed by atoms with van der Waals surface area (Å²) >= 11 is 5.46. The molecule has 0 amide bonds. The Balaban J connectivity index is 3.45. The van der Waals surface area contributed by atoms with Crippen molar-refractivity contribution >= 4 is 23.3 Å². The molecule has 0 aliphatic heterocycles. The van der Waals surface area contributed by atoms with Gasteiger partial charge in [-0.25, -0.2) is 4.79 Å². The molecule has 0 heterocycles. The van der Waals surface area contributed by atoms with Crippen molar-refractivity contribution < 1.29 is 22.7 Å². The minimum Gasteiger partial charge on any atom is -0.465 e. The van der Waals surface area contributed by atoms with E-state index in [4.69, 9.17) is 17.3 Å². The molecule has 0 saturated heterocycles. The van der Waals surface area contributed by atoms with Crippen LogP contribution in [0.1, 0.15) is 15.9 Å². The molecule has 0 radical (unpaired) electrons. The summed E-state index contributed by atoms with van der Waals surface area (Å²) in [6.45, 7) is 0. The Hall–Kier alpha value is -1.43. The quantitative estimate of drug-likeness (QED) is 0.618. The number of halogens is 4. The van der Waals surface area contributed by atoms with E-state index in [2.05, 4.69) is 4.74 Å². The van der Waals surface area contributed by atoms with Crippen molar-refractivity contribution in [2.75, 3.05) is 12.8 Å². The van der Waals surface area contributed by atoms with Crippen LogP contribution in [0, 0.1) is 0 Å². The van der Waals surface area contributed by atoms with Gasteiger partial charge in [0.1, 0.15) is 0 Å². The van der Waals surface area contributed by atoms with Gasteiger partial charge in [-0.1, -0.05) is 11.6 Å². The number of esters is 1. The number of alkyl halides is 3. The third kappa shape index (κ3) is 2.38. The lowest BCUT2D eigenvalue weighted by Gasteiger charge is -2.12. The fourth-order valence-electron chi connectivity index (χ4n) is 1.10. The predicted molar refractivity (Wildman–Crippen MR) is 52.2 cm³/mol. The molecule has 0 spiro atoms. The lowest BCUT2D eigenvalue weighted by atomic mass is 10.1. The van der Waals surface area contributed by atoms with Crippen LogP contribution in [0.2, 0.25) is 5.02 Å². The highest BCUT2D eigenvalue weighted by Crippen LogP contribution is 2.36. The summed E-state index contributed by atoms with van der Waals surface area (Å²) in [5.74, 6) is -1.12. The minimum absolute atomic E-state index is 0.116. The first-order valence-corrected chi connectivity index (χ1v) is 4.39. The van der Waals surface area contributed by atoms with E-state index in [0.717, 1.165) is 13.2 Å². The number of anilines is 1. The molecule has 1 aromatic carbocycles. The number of nitrogen functional groups attached to an aromatic ring is 1. The molecule has 1 rings (SSSR count). The van der Waals surface area contributed by atoms with E-state index in [0.29, 0.717) is 6.07 Å². The molecule has 0 aliphatic carbocycles. The molecule has 0 saturated carbocycles. The van der Waals surface area contributed by atoms with Crippen LogP contribution in [0.4, 0.5) is 18.9 Å². The Morgan fingerprint density at radius 3 is 2.44 bits per heavy atom. The highest BCUT2D eigenvalue weighted by molar-refractivity contribution is 6.33. The highest BCUT2D eigenvalue weighted by Gasteiger charge is 2.36. The Morgan fingerprint density at radius 1 is 1.44 bits per heavy atom. The molecule has 0 atom stereocenters. The van der Waals surface area contributed by atoms with Crippen LogP contribution in [0.25, 0.3) is 0 Å². The molecular formula is C9H7ClF3NO2. The first-order chi connectivity index (χ1) is 7.27. The van der Waals surface area contributed by atoms with Crippen molar-refractivity contribution in [2.45, 2.75) is 6.18 Å². The number of nitrogens with two attached hydrogens (primary N) is 1. The zero-order valence-electron chi connectivity index (χ0n) is 8.06. The molecule has 0 aliphatic rings. The first-order valence-electron chi connectivity index (χ1n) is 4.02. The van der Waals surface area contributed by atoms with Gasteiger partial charge in [-0.05, 0) is 12.1 Å². The van der Waals surface area contributed by atoms with Crippen LogP contribution in [-0.2, 0) is 10.9 Å². The maximum atomic E-state index is 12.5. The molecule has 2 N–H and O–H groups in total. The van der Waals surface area contributed by atoms with E-state index in [1.807, 2.05) is 0 Å². The predicted octanol–water partition coefficient (Wildman–Crippen LogP) is 2.73. The maximum Gasteiger partial charge on any atom is 0.417 e. The molecule has 0 bridgehead atoms. The van der Waals surface area contributed by atoms with Crippen molar-refractivity contribution in [3.63, 3.8) is 0 Å². The third-order valence-corrected chi connectivity index (χ3v) is 2.17. The van der Waals surface area contributed by atoms with Crippen molar-refractivity contribution in [2.24, 2.45) is 0 Å². The van der Waals surface area contributed by atoms with Gasteiger partial charge in [-0.3, -0.25) is 0 Å². The molecule has 88 valence electrons. The number of rotatable bonds is 1. The summed E-state index contributed by atoms with van der Waals surface area (Å²) in [4.78, 5) is 11.1. The summed E-state index contributed by atoms with van der Waals surface area (Å²) in [6.07, 6.45) is -4.69. The average Bonchev–Trinajstić information content (AvgIpc) is 2.18. The van der Waals surface area contributed by atoms with Gasteiger partial charge in [0, 0.05) is 0 Å². The summed E-state index contributed by atoms with van der Waals surface area (Å²) in [5, 5.41) is -0.264. The van der Waals surface area contributed by atoms with E-state index in [-0.39, 0.29) is 10.7 Å². The SMILES string of the molecule is COC(=O)c1cc(N)c(Cl)cc1C(F)(F)F. The third-order valence-electron chi connectivity index (χ3n) is 1.85. The molecule has 0 fully saturated rings. The van der Waals surface area contributed by atoms with Crippen LogP contribution in [0.3, 0.4) is 0 Å². The Labute approximate surface area is 93.9 Å². The van der Waals surface area contributed by atoms with Gasteiger partial charge in [0.2, 0.25) is 0 Å². The van der Waals surface area contributed by atoms with E-state index in [1.54, 1.807) is 0 Å². The highest BCUT2D eigenvalue weighted by atomic mass is 35.5. The molecule has 16 heavy (non-hydrogen) atoms. The molecule has 3 nitrogen and oxygen atoms in total. The van der Waals surface area contributed by atoms with Gasteiger partial charge in [0.05, 0.1) is 28.9 Å². The zero-order chi connectivity index (χ0) is 12.5. The molecule has 0 aromatic heterocycles. The Kier molecular flexibility index (Phi) is 3.32. The van der Waals surface area contributed by atoms with Crippen LogP contribution in [-0.4, -0.2) is 13.1 Å². The monoisotopic (exact) mass is 253 g/mol. The minimum atomic E-state index is -4.69. The van der Waals surface area contributed by atoms with Crippen LogP contribution >= 0.6 is 11.6 Å². The maximum absolute atomic E-state index is 12.5.